The Hall–Kier alpha value is -2.09. The van der Waals surface area contributed by atoms with Crippen molar-refractivity contribution in [2.24, 2.45) is 0 Å². The number of halogens is 1. The third-order valence-corrected chi connectivity index (χ3v) is 5.67. The second-order valence-corrected chi connectivity index (χ2v) is 7.96. The Labute approximate surface area is 173 Å². The molecule has 1 aliphatic rings. The minimum absolute atomic E-state index is 0.0413. The number of aromatic nitrogens is 1. The molecule has 0 spiro atoms. The summed E-state index contributed by atoms with van der Waals surface area (Å²) in [7, 11) is 0. The minimum Gasteiger partial charge on any atom is -0.452 e. The van der Waals surface area contributed by atoms with E-state index in [1.807, 2.05) is 32.0 Å². The van der Waals surface area contributed by atoms with Crippen LogP contribution in [-0.4, -0.2) is 53.7 Å². The number of amides is 1. The monoisotopic (exact) mass is 420 g/mol. The Kier molecular flexibility index (Phi) is 6.93. The van der Waals surface area contributed by atoms with Gasteiger partial charge in [-0.25, -0.2) is 9.78 Å². The van der Waals surface area contributed by atoms with E-state index in [9.17, 15) is 9.59 Å². The van der Waals surface area contributed by atoms with E-state index in [0.717, 1.165) is 4.90 Å². The van der Waals surface area contributed by atoms with Crippen molar-refractivity contribution in [3.8, 4) is 0 Å². The second kappa shape index (κ2) is 9.41. The van der Waals surface area contributed by atoms with Gasteiger partial charge in [0.2, 0.25) is 0 Å². The molecule has 0 N–H and O–H groups in total. The van der Waals surface area contributed by atoms with Crippen molar-refractivity contribution >= 4 is 35.2 Å². The van der Waals surface area contributed by atoms with Crippen molar-refractivity contribution in [1.82, 2.24) is 9.88 Å². The molecule has 1 fully saturated rings. The third kappa shape index (κ3) is 5.25. The van der Waals surface area contributed by atoms with Crippen LogP contribution in [0.4, 0.5) is 0 Å². The summed E-state index contributed by atoms with van der Waals surface area (Å²) in [5.41, 5.74) is 0.295. The Balaban J connectivity index is 1.65. The predicted octanol–water partition coefficient (Wildman–Crippen LogP) is 3.68. The van der Waals surface area contributed by atoms with Crippen molar-refractivity contribution < 1.29 is 19.1 Å². The summed E-state index contributed by atoms with van der Waals surface area (Å²) in [4.78, 5) is 31.7. The normalized spacial score (nSPS) is 19.3. The second-order valence-electron chi connectivity index (χ2n) is 6.52. The molecule has 1 aromatic heterocycles. The minimum atomic E-state index is -0.592. The van der Waals surface area contributed by atoms with E-state index >= 15 is 0 Å². The van der Waals surface area contributed by atoms with E-state index in [1.54, 1.807) is 29.3 Å². The average Bonchev–Trinajstić information content (AvgIpc) is 2.67. The molecule has 148 valence electrons. The molecule has 2 aromatic rings. The van der Waals surface area contributed by atoms with Crippen molar-refractivity contribution in [2.45, 2.75) is 36.0 Å². The van der Waals surface area contributed by atoms with Crippen LogP contribution >= 0.6 is 23.4 Å². The molecule has 0 saturated carbocycles. The summed E-state index contributed by atoms with van der Waals surface area (Å²) in [5, 5.41) is 1.05. The quantitative estimate of drug-likeness (QED) is 0.687. The maximum absolute atomic E-state index is 12.6. The number of hydrogen-bond acceptors (Lipinski definition) is 6. The molecule has 1 amide bonds. The number of morpholine rings is 1. The molecule has 1 saturated heterocycles. The zero-order valence-electron chi connectivity index (χ0n) is 15.6. The number of benzene rings is 1. The SMILES string of the molecule is C[C@H]1CN(C(=O)COC(=O)c2cccnc2Sc2ccccc2Cl)C[C@H](C)O1. The topological polar surface area (TPSA) is 68.7 Å². The van der Waals surface area contributed by atoms with Crippen LogP contribution < -0.4 is 0 Å². The van der Waals surface area contributed by atoms with Gasteiger partial charge < -0.3 is 14.4 Å². The molecule has 8 heteroatoms. The highest BCUT2D eigenvalue weighted by molar-refractivity contribution is 7.99. The van der Waals surface area contributed by atoms with Crippen LogP contribution in [0.1, 0.15) is 24.2 Å². The summed E-state index contributed by atoms with van der Waals surface area (Å²) >= 11 is 7.47. The van der Waals surface area contributed by atoms with Gasteiger partial charge in [-0.05, 0) is 38.1 Å². The van der Waals surface area contributed by atoms with Gasteiger partial charge in [0.25, 0.3) is 5.91 Å². The fourth-order valence-electron chi connectivity index (χ4n) is 2.94. The molecule has 1 aliphatic heterocycles. The Morgan fingerprint density at radius 1 is 1.21 bits per heavy atom. The number of pyridine rings is 1. The summed E-state index contributed by atoms with van der Waals surface area (Å²) < 4.78 is 10.9. The lowest BCUT2D eigenvalue weighted by Crippen LogP contribution is -2.49. The maximum atomic E-state index is 12.6. The van der Waals surface area contributed by atoms with Crippen LogP contribution in [0.5, 0.6) is 0 Å². The standard InChI is InChI=1S/C20H21ClN2O4S/c1-13-10-23(11-14(2)27-13)18(24)12-26-20(25)15-6-5-9-22-19(15)28-17-8-4-3-7-16(17)21/h3-9,13-14H,10-12H2,1-2H3/t13-,14-/m0/s1. The highest BCUT2D eigenvalue weighted by Crippen LogP contribution is 2.33. The largest absolute Gasteiger partial charge is 0.452 e. The van der Waals surface area contributed by atoms with Gasteiger partial charge in [-0.1, -0.05) is 35.5 Å². The fraction of sp³-hybridized carbons (Fsp3) is 0.350. The molecule has 1 aromatic carbocycles. The first-order chi connectivity index (χ1) is 13.4. The predicted molar refractivity (Wildman–Crippen MR) is 107 cm³/mol. The number of esters is 1. The summed E-state index contributed by atoms with van der Waals surface area (Å²) in [6, 6.07) is 10.6. The van der Waals surface area contributed by atoms with E-state index in [2.05, 4.69) is 4.98 Å². The summed E-state index contributed by atoms with van der Waals surface area (Å²) in [6.45, 7) is 4.48. The molecule has 0 aliphatic carbocycles. The number of hydrogen-bond donors (Lipinski definition) is 0. The number of carbonyl (C=O) groups excluding carboxylic acids is 2. The van der Waals surface area contributed by atoms with Crippen molar-refractivity contribution in [3.05, 3.63) is 53.2 Å². The smallest absolute Gasteiger partial charge is 0.341 e. The number of ether oxygens (including phenoxy) is 2. The van der Waals surface area contributed by atoms with Crippen LogP contribution in [-0.2, 0) is 14.3 Å². The number of nitrogens with zero attached hydrogens (tertiary/aromatic N) is 2. The first kappa shape index (κ1) is 20.6. The lowest BCUT2D eigenvalue weighted by atomic mass is 10.2. The highest BCUT2D eigenvalue weighted by Gasteiger charge is 2.27. The van der Waals surface area contributed by atoms with Gasteiger partial charge in [-0.15, -0.1) is 0 Å². The molecule has 0 bridgehead atoms. The van der Waals surface area contributed by atoms with E-state index < -0.39 is 5.97 Å². The Morgan fingerprint density at radius 2 is 1.93 bits per heavy atom. The van der Waals surface area contributed by atoms with Gasteiger partial charge in [-0.3, -0.25) is 4.79 Å². The van der Waals surface area contributed by atoms with Crippen molar-refractivity contribution in [3.63, 3.8) is 0 Å². The van der Waals surface area contributed by atoms with Crippen molar-refractivity contribution in [2.75, 3.05) is 19.7 Å². The maximum Gasteiger partial charge on any atom is 0.341 e. The summed E-state index contributed by atoms with van der Waals surface area (Å²) in [6.07, 6.45) is 1.51. The third-order valence-electron chi connectivity index (χ3n) is 4.13. The van der Waals surface area contributed by atoms with E-state index in [1.165, 1.54) is 11.8 Å². The van der Waals surface area contributed by atoms with Gasteiger partial charge in [0.15, 0.2) is 6.61 Å². The average molecular weight is 421 g/mol. The lowest BCUT2D eigenvalue weighted by molar-refractivity contribution is -0.146. The molecular formula is C20H21ClN2O4S. The van der Waals surface area contributed by atoms with Crippen LogP contribution in [0.2, 0.25) is 5.02 Å². The highest BCUT2D eigenvalue weighted by atomic mass is 35.5. The number of rotatable bonds is 5. The van der Waals surface area contributed by atoms with E-state index in [0.29, 0.717) is 28.7 Å². The molecule has 28 heavy (non-hydrogen) atoms. The van der Waals surface area contributed by atoms with Crippen molar-refractivity contribution in [1.29, 1.82) is 0 Å². The zero-order chi connectivity index (χ0) is 20.1. The molecule has 2 atom stereocenters. The van der Waals surface area contributed by atoms with E-state index in [-0.39, 0.29) is 24.7 Å². The molecular weight excluding hydrogens is 400 g/mol. The van der Waals surface area contributed by atoms with Crippen LogP contribution in [0.25, 0.3) is 0 Å². The Morgan fingerprint density at radius 3 is 2.64 bits per heavy atom. The van der Waals surface area contributed by atoms with Gasteiger partial charge in [-0.2, -0.15) is 0 Å². The van der Waals surface area contributed by atoms with Gasteiger partial charge in [0.1, 0.15) is 5.03 Å². The van der Waals surface area contributed by atoms with Crippen LogP contribution in [0, 0.1) is 0 Å². The van der Waals surface area contributed by atoms with Gasteiger partial charge in [0, 0.05) is 24.2 Å². The molecule has 0 unspecified atom stereocenters. The van der Waals surface area contributed by atoms with Crippen LogP contribution in [0.15, 0.2) is 52.5 Å². The molecule has 3 rings (SSSR count). The molecule has 2 heterocycles. The Bertz CT molecular complexity index is 854. The van der Waals surface area contributed by atoms with Crippen LogP contribution in [0.3, 0.4) is 0 Å². The fourth-order valence-corrected chi connectivity index (χ4v) is 4.08. The zero-order valence-corrected chi connectivity index (χ0v) is 17.2. The van der Waals surface area contributed by atoms with E-state index in [4.69, 9.17) is 21.1 Å². The van der Waals surface area contributed by atoms with Gasteiger partial charge >= 0.3 is 5.97 Å². The summed E-state index contributed by atoms with van der Waals surface area (Å²) in [5.74, 6) is -0.829. The van der Waals surface area contributed by atoms with Gasteiger partial charge in [0.05, 0.1) is 22.8 Å². The number of carbonyl (C=O) groups is 2. The molecule has 0 radical (unpaired) electrons. The first-order valence-electron chi connectivity index (χ1n) is 8.91. The lowest BCUT2D eigenvalue weighted by Gasteiger charge is -2.35. The molecule has 6 nitrogen and oxygen atoms in total. The first-order valence-corrected chi connectivity index (χ1v) is 10.1.